The zero-order valence-corrected chi connectivity index (χ0v) is 19.0. The number of aromatic nitrogens is 1. The van der Waals surface area contributed by atoms with Gasteiger partial charge in [-0.25, -0.2) is 9.78 Å². The van der Waals surface area contributed by atoms with Crippen molar-refractivity contribution in [2.45, 2.75) is 25.4 Å². The molecule has 7 heteroatoms. The summed E-state index contributed by atoms with van der Waals surface area (Å²) in [4.78, 5) is 17.5. The Hall–Kier alpha value is -3.37. The van der Waals surface area contributed by atoms with Crippen LogP contribution in [0.1, 0.15) is 35.4 Å². The van der Waals surface area contributed by atoms with Gasteiger partial charge in [0, 0.05) is 24.6 Å². The number of carboxylic acid groups (broad SMARTS) is 1. The number of piperidine rings is 1. The van der Waals surface area contributed by atoms with E-state index in [1.807, 2.05) is 60.7 Å². The summed E-state index contributed by atoms with van der Waals surface area (Å²) in [6, 6.07) is 21.7. The summed E-state index contributed by atoms with van der Waals surface area (Å²) in [5.41, 5.74) is 3.83. The summed E-state index contributed by atoms with van der Waals surface area (Å²) >= 11 is 3.46. The number of nitrogens with zero attached hydrogens (tertiary/aromatic N) is 3. The fraction of sp³-hybridized carbons (Fsp3) is 0.240. The molecule has 0 radical (unpaired) electrons. The number of amides is 1. The molecule has 2 aromatic carbocycles. The quantitative estimate of drug-likeness (QED) is 0.454. The molecule has 0 bridgehead atoms. The van der Waals surface area contributed by atoms with Crippen LogP contribution in [0, 0.1) is 11.3 Å². The third kappa shape index (κ3) is 4.76. The normalized spacial score (nSPS) is 15.8. The molecule has 1 saturated heterocycles. The predicted molar refractivity (Wildman–Crippen MR) is 124 cm³/mol. The van der Waals surface area contributed by atoms with Gasteiger partial charge in [0.1, 0.15) is 23.0 Å². The first-order chi connectivity index (χ1) is 15.6. The Morgan fingerprint density at radius 1 is 1.22 bits per heavy atom. The summed E-state index contributed by atoms with van der Waals surface area (Å²) in [6.45, 7) is 1.31. The second kappa shape index (κ2) is 9.84. The molecule has 1 amide bonds. The zero-order valence-electron chi connectivity index (χ0n) is 17.4. The zero-order chi connectivity index (χ0) is 22.5. The second-order valence-electron chi connectivity index (χ2n) is 7.71. The first-order valence-electron chi connectivity index (χ1n) is 10.4. The topological polar surface area (TPSA) is 86.5 Å². The average Bonchev–Trinajstić information content (AvgIpc) is 2.83. The maximum atomic E-state index is 11.5. The summed E-state index contributed by atoms with van der Waals surface area (Å²) < 4.78 is 6.56. The molecule has 1 N–H and O–H groups in total. The summed E-state index contributed by atoms with van der Waals surface area (Å²) in [5, 5.41) is 19.2. The number of carbonyl (C=O) groups is 1. The van der Waals surface area contributed by atoms with Crippen molar-refractivity contribution in [2.24, 2.45) is 0 Å². The van der Waals surface area contributed by atoms with Gasteiger partial charge in [0.15, 0.2) is 0 Å². The van der Waals surface area contributed by atoms with Crippen molar-refractivity contribution in [3.63, 3.8) is 0 Å². The molecular formula is C25H22BrN3O3. The Balaban J connectivity index is 1.69. The highest BCUT2D eigenvalue weighted by atomic mass is 79.9. The van der Waals surface area contributed by atoms with Crippen LogP contribution in [0.5, 0.6) is 5.75 Å². The maximum absolute atomic E-state index is 11.5. The number of ether oxygens (including phenoxy) is 1. The summed E-state index contributed by atoms with van der Waals surface area (Å²) in [7, 11) is 0. The van der Waals surface area contributed by atoms with E-state index in [2.05, 4.69) is 27.0 Å². The molecular weight excluding hydrogens is 470 g/mol. The Bertz CT molecular complexity index is 1160. The molecule has 0 saturated carbocycles. The van der Waals surface area contributed by atoms with E-state index >= 15 is 0 Å². The molecule has 0 spiro atoms. The van der Waals surface area contributed by atoms with Gasteiger partial charge in [0.05, 0.1) is 11.3 Å². The van der Waals surface area contributed by atoms with Crippen LogP contribution in [0.15, 0.2) is 65.3 Å². The van der Waals surface area contributed by atoms with E-state index in [1.165, 1.54) is 4.90 Å². The average molecular weight is 492 g/mol. The van der Waals surface area contributed by atoms with Crippen LogP contribution in [0.2, 0.25) is 0 Å². The molecule has 3 aromatic rings. The Morgan fingerprint density at radius 3 is 2.72 bits per heavy atom. The van der Waals surface area contributed by atoms with E-state index in [0.29, 0.717) is 41.3 Å². The van der Waals surface area contributed by atoms with Gasteiger partial charge < -0.3 is 14.7 Å². The van der Waals surface area contributed by atoms with E-state index in [1.54, 1.807) is 0 Å². The lowest BCUT2D eigenvalue weighted by atomic mass is 9.87. The Morgan fingerprint density at radius 2 is 1.97 bits per heavy atom. The standard InChI is InChI=1S/C25H22BrN3O3/c26-24-21(14-27)20(18-9-6-12-29(15-18)25(30)31)13-22(28-24)19-10-4-5-11-23(19)32-16-17-7-2-1-3-8-17/h1-5,7-8,10-11,13,18H,6,9,12,15-16H2,(H,30,31). The third-order valence-electron chi connectivity index (χ3n) is 5.65. The van der Waals surface area contributed by atoms with E-state index in [-0.39, 0.29) is 5.92 Å². The van der Waals surface area contributed by atoms with Crippen molar-refractivity contribution in [1.29, 1.82) is 5.26 Å². The molecule has 1 aromatic heterocycles. The van der Waals surface area contributed by atoms with Crippen LogP contribution in [-0.4, -0.2) is 34.2 Å². The van der Waals surface area contributed by atoms with Gasteiger partial charge in [-0.15, -0.1) is 0 Å². The number of hydrogen-bond acceptors (Lipinski definition) is 4. The van der Waals surface area contributed by atoms with Gasteiger partial charge in [-0.3, -0.25) is 0 Å². The third-order valence-corrected chi connectivity index (χ3v) is 6.22. The van der Waals surface area contributed by atoms with Crippen molar-refractivity contribution >= 4 is 22.0 Å². The van der Waals surface area contributed by atoms with Crippen LogP contribution in [0.3, 0.4) is 0 Å². The van der Waals surface area contributed by atoms with Crippen LogP contribution in [-0.2, 0) is 6.61 Å². The fourth-order valence-corrected chi connectivity index (χ4v) is 4.56. The minimum absolute atomic E-state index is 0.0649. The predicted octanol–water partition coefficient (Wildman–Crippen LogP) is 5.82. The summed E-state index contributed by atoms with van der Waals surface area (Å²) in [5.74, 6) is 0.632. The van der Waals surface area contributed by atoms with E-state index in [9.17, 15) is 15.2 Å². The van der Waals surface area contributed by atoms with Gasteiger partial charge >= 0.3 is 6.09 Å². The van der Waals surface area contributed by atoms with Gasteiger partial charge in [0.25, 0.3) is 0 Å². The lowest BCUT2D eigenvalue weighted by Gasteiger charge is -2.31. The SMILES string of the molecule is N#Cc1c(C2CCCN(C(=O)O)C2)cc(-c2ccccc2OCc2ccccc2)nc1Br. The first kappa shape index (κ1) is 21.8. The lowest BCUT2D eigenvalue weighted by Crippen LogP contribution is -2.38. The van der Waals surface area contributed by atoms with Crippen molar-refractivity contribution < 1.29 is 14.6 Å². The van der Waals surface area contributed by atoms with Crippen LogP contribution >= 0.6 is 15.9 Å². The van der Waals surface area contributed by atoms with Crippen LogP contribution in [0.25, 0.3) is 11.3 Å². The first-order valence-corrected chi connectivity index (χ1v) is 11.2. The molecule has 0 aliphatic carbocycles. The van der Waals surface area contributed by atoms with Crippen molar-refractivity contribution in [3.8, 4) is 23.1 Å². The number of nitriles is 1. The monoisotopic (exact) mass is 491 g/mol. The highest BCUT2D eigenvalue weighted by Gasteiger charge is 2.28. The van der Waals surface area contributed by atoms with E-state index in [0.717, 1.165) is 29.5 Å². The largest absolute Gasteiger partial charge is 0.488 e. The van der Waals surface area contributed by atoms with Gasteiger partial charge in [-0.1, -0.05) is 42.5 Å². The van der Waals surface area contributed by atoms with Gasteiger partial charge in [-0.05, 0) is 58.1 Å². The number of para-hydroxylation sites is 1. The minimum Gasteiger partial charge on any atom is -0.488 e. The number of likely N-dealkylation sites (tertiary alicyclic amines) is 1. The molecule has 6 nitrogen and oxygen atoms in total. The molecule has 162 valence electrons. The fourth-order valence-electron chi connectivity index (χ4n) is 4.05. The molecule has 1 atom stereocenters. The molecule has 1 aliphatic rings. The van der Waals surface area contributed by atoms with E-state index in [4.69, 9.17) is 4.74 Å². The summed E-state index contributed by atoms with van der Waals surface area (Å²) in [6.07, 6.45) is 0.648. The van der Waals surface area contributed by atoms with Crippen molar-refractivity contribution in [2.75, 3.05) is 13.1 Å². The molecule has 1 aliphatic heterocycles. The smallest absolute Gasteiger partial charge is 0.407 e. The minimum atomic E-state index is -0.929. The highest BCUT2D eigenvalue weighted by Crippen LogP contribution is 2.37. The second-order valence-corrected chi connectivity index (χ2v) is 8.46. The van der Waals surface area contributed by atoms with Gasteiger partial charge in [-0.2, -0.15) is 5.26 Å². The van der Waals surface area contributed by atoms with Crippen molar-refractivity contribution in [1.82, 2.24) is 9.88 Å². The molecule has 1 unspecified atom stereocenters. The van der Waals surface area contributed by atoms with Crippen LogP contribution < -0.4 is 4.74 Å². The molecule has 32 heavy (non-hydrogen) atoms. The molecule has 2 heterocycles. The maximum Gasteiger partial charge on any atom is 0.407 e. The molecule has 1 fully saturated rings. The Kier molecular flexibility index (Phi) is 6.72. The number of hydrogen-bond donors (Lipinski definition) is 1. The Labute approximate surface area is 195 Å². The number of benzene rings is 2. The van der Waals surface area contributed by atoms with E-state index < -0.39 is 6.09 Å². The van der Waals surface area contributed by atoms with Crippen molar-refractivity contribution in [3.05, 3.63) is 82.0 Å². The number of halogens is 1. The highest BCUT2D eigenvalue weighted by molar-refractivity contribution is 9.10. The van der Waals surface area contributed by atoms with Gasteiger partial charge in [0.2, 0.25) is 0 Å². The number of pyridine rings is 1. The lowest BCUT2D eigenvalue weighted by molar-refractivity contribution is 0.130. The molecule has 4 rings (SSSR count). The van der Waals surface area contributed by atoms with Crippen LogP contribution in [0.4, 0.5) is 4.79 Å². The number of rotatable bonds is 5.